The lowest BCUT2D eigenvalue weighted by atomic mass is 10.3. The molecule has 116 valence electrons. The number of anilines is 4. The molecule has 0 saturated carbocycles. The molecule has 0 saturated heterocycles. The monoisotopic (exact) mass is 330 g/mol. The highest BCUT2D eigenvalue weighted by Gasteiger charge is 2.08. The molecule has 0 atom stereocenters. The van der Waals surface area contributed by atoms with E-state index in [0.29, 0.717) is 10.7 Å². The quantitative estimate of drug-likeness (QED) is 0.616. The molecular weight excluding hydrogens is 319 g/mol. The van der Waals surface area contributed by atoms with Crippen LogP contribution in [0.5, 0.6) is 5.75 Å². The van der Waals surface area contributed by atoms with Gasteiger partial charge in [0, 0.05) is 16.4 Å². The van der Waals surface area contributed by atoms with E-state index in [1.54, 1.807) is 36.4 Å². The maximum Gasteiger partial charge on any atom is 0.229 e. The Labute approximate surface area is 136 Å². The van der Waals surface area contributed by atoms with Crippen molar-refractivity contribution in [3.05, 3.63) is 65.6 Å². The summed E-state index contributed by atoms with van der Waals surface area (Å²) < 4.78 is 13.8. The molecule has 0 unspecified atom stereocenters. The second-order valence-electron chi connectivity index (χ2n) is 4.69. The van der Waals surface area contributed by atoms with E-state index in [4.69, 9.17) is 11.6 Å². The van der Waals surface area contributed by atoms with Gasteiger partial charge in [0.1, 0.15) is 5.75 Å². The molecule has 3 rings (SSSR count). The molecule has 0 radical (unpaired) electrons. The van der Waals surface area contributed by atoms with E-state index in [-0.39, 0.29) is 17.5 Å². The van der Waals surface area contributed by atoms with Crippen LogP contribution in [0.15, 0.2) is 54.7 Å². The van der Waals surface area contributed by atoms with Crippen LogP contribution in [0.4, 0.5) is 27.5 Å². The van der Waals surface area contributed by atoms with Crippen molar-refractivity contribution in [2.24, 2.45) is 0 Å². The first kappa shape index (κ1) is 15.1. The number of rotatable bonds is 4. The summed E-state index contributed by atoms with van der Waals surface area (Å²) in [5, 5.41) is 15.7. The van der Waals surface area contributed by atoms with Gasteiger partial charge in [0.2, 0.25) is 5.95 Å². The largest absolute Gasteiger partial charge is 0.508 e. The lowest BCUT2D eigenvalue weighted by molar-refractivity contribution is 0.475. The third-order valence-electron chi connectivity index (χ3n) is 2.97. The van der Waals surface area contributed by atoms with Gasteiger partial charge in [-0.3, -0.25) is 0 Å². The summed E-state index contributed by atoms with van der Waals surface area (Å²) >= 11 is 5.83. The Bertz CT molecular complexity index is 809. The fraction of sp³-hybridized carbons (Fsp3) is 0. The summed E-state index contributed by atoms with van der Waals surface area (Å²) in [6.45, 7) is 0. The van der Waals surface area contributed by atoms with Gasteiger partial charge in [0.15, 0.2) is 11.6 Å². The number of phenolic OH excluding ortho intramolecular Hbond substituents is 1. The Morgan fingerprint density at radius 1 is 0.913 bits per heavy atom. The van der Waals surface area contributed by atoms with Crippen molar-refractivity contribution in [3.63, 3.8) is 0 Å². The number of hydrogen-bond acceptors (Lipinski definition) is 5. The van der Waals surface area contributed by atoms with Crippen molar-refractivity contribution in [1.29, 1.82) is 0 Å². The van der Waals surface area contributed by atoms with Gasteiger partial charge in [-0.2, -0.15) is 4.98 Å². The van der Waals surface area contributed by atoms with Crippen LogP contribution >= 0.6 is 11.6 Å². The van der Waals surface area contributed by atoms with Crippen LogP contribution in [0.2, 0.25) is 5.02 Å². The number of aromatic nitrogens is 2. The van der Waals surface area contributed by atoms with Crippen LogP contribution in [0.1, 0.15) is 0 Å². The molecule has 0 fully saturated rings. The molecule has 0 spiro atoms. The minimum atomic E-state index is -0.584. The van der Waals surface area contributed by atoms with Gasteiger partial charge < -0.3 is 15.7 Å². The van der Waals surface area contributed by atoms with Crippen LogP contribution in [0.25, 0.3) is 0 Å². The standard InChI is InChI=1S/C16H12ClFN4O/c17-10-1-3-12(4-2-10)21-16-19-9-14(18)15(22-16)20-11-5-7-13(23)8-6-11/h1-9,23H,(H2,19,20,21,22). The predicted molar refractivity (Wildman–Crippen MR) is 88.1 cm³/mol. The van der Waals surface area contributed by atoms with E-state index >= 15 is 0 Å². The number of phenols is 1. The number of nitrogens with zero attached hydrogens (tertiary/aromatic N) is 2. The molecule has 0 bridgehead atoms. The Morgan fingerprint density at radius 3 is 2.22 bits per heavy atom. The summed E-state index contributed by atoms with van der Waals surface area (Å²) in [7, 11) is 0. The zero-order valence-electron chi connectivity index (χ0n) is 11.8. The van der Waals surface area contributed by atoms with Gasteiger partial charge in [0.25, 0.3) is 0 Å². The van der Waals surface area contributed by atoms with Crippen molar-refractivity contribution < 1.29 is 9.50 Å². The summed E-state index contributed by atoms with van der Waals surface area (Å²) in [5.74, 6) is -0.180. The van der Waals surface area contributed by atoms with E-state index in [1.807, 2.05) is 0 Å². The lowest BCUT2D eigenvalue weighted by Crippen LogP contribution is -2.03. The molecule has 0 amide bonds. The van der Waals surface area contributed by atoms with Crippen molar-refractivity contribution in [2.45, 2.75) is 0 Å². The molecule has 0 aliphatic heterocycles. The molecule has 1 heterocycles. The highest BCUT2D eigenvalue weighted by atomic mass is 35.5. The van der Waals surface area contributed by atoms with E-state index in [0.717, 1.165) is 11.9 Å². The SMILES string of the molecule is Oc1ccc(Nc2nc(Nc3ccc(Cl)cc3)ncc2F)cc1. The second kappa shape index (κ2) is 6.50. The van der Waals surface area contributed by atoms with Gasteiger partial charge in [0.05, 0.1) is 6.20 Å². The topological polar surface area (TPSA) is 70.1 Å². The summed E-state index contributed by atoms with van der Waals surface area (Å²) in [5.41, 5.74) is 1.33. The van der Waals surface area contributed by atoms with Crippen LogP contribution in [-0.4, -0.2) is 15.1 Å². The van der Waals surface area contributed by atoms with Gasteiger partial charge in [-0.15, -0.1) is 0 Å². The molecule has 0 aliphatic carbocycles. The summed E-state index contributed by atoms with van der Waals surface area (Å²) in [4.78, 5) is 8.01. The van der Waals surface area contributed by atoms with Crippen molar-refractivity contribution >= 4 is 34.7 Å². The Morgan fingerprint density at radius 2 is 1.52 bits per heavy atom. The molecule has 1 aromatic heterocycles. The number of hydrogen-bond donors (Lipinski definition) is 3. The van der Waals surface area contributed by atoms with E-state index in [1.165, 1.54) is 12.1 Å². The molecule has 0 aliphatic rings. The third kappa shape index (κ3) is 3.87. The predicted octanol–water partition coefficient (Wildman–Crippen LogP) is 4.46. The third-order valence-corrected chi connectivity index (χ3v) is 3.23. The molecule has 7 heteroatoms. The summed E-state index contributed by atoms with van der Waals surface area (Å²) in [6, 6.07) is 13.2. The number of halogens is 2. The number of benzene rings is 2. The fourth-order valence-corrected chi connectivity index (χ4v) is 1.98. The maximum atomic E-state index is 13.8. The molecule has 2 aromatic carbocycles. The van der Waals surface area contributed by atoms with E-state index in [2.05, 4.69) is 20.6 Å². The average Bonchev–Trinajstić information content (AvgIpc) is 2.55. The first-order valence-corrected chi connectivity index (χ1v) is 7.09. The maximum absolute atomic E-state index is 13.8. The normalized spacial score (nSPS) is 10.3. The second-order valence-corrected chi connectivity index (χ2v) is 5.13. The first-order valence-electron chi connectivity index (χ1n) is 6.71. The van der Waals surface area contributed by atoms with E-state index in [9.17, 15) is 9.50 Å². The molecule has 5 nitrogen and oxygen atoms in total. The Hall–Kier alpha value is -2.86. The molecule has 23 heavy (non-hydrogen) atoms. The van der Waals surface area contributed by atoms with Crippen LogP contribution in [0, 0.1) is 5.82 Å². The number of nitrogens with one attached hydrogen (secondary N) is 2. The van der Waals surface area contributed by atoms with Crippen LogP contribution in [0.3, 0.4) is 0 Å². The zero-order chi connectivity index (χ0) is 16.2. The highest BCUT2D eigenvalue weighted by molar-refractivity contribution is 6.30. The zero-order valence-corrected chi connectivity index (χ0v) is 12.5. The van der Waals surface area contributed by atoms with Gasteiger partial charge >= 0.3 is 0 Å². The summed E-state index contributed by atoms with van der Waals surface area (Å²) in [6.07, 6.45) is 1.08. The number of aromatic hydroxyl groups is 1. The van der Waals surface area contributed by atoms with Crippen molar-refractivity contribution in [1.82, 2.24) is 9.97 Å². The van der Waals surface area contributed by atoms with E-state index < -0.39 is 5.82 Å². The van der Waals surface area contributed by atoms with Crippen molar-refractivity contribution in [2.75, 3.05) is 10.6 Å². The average molecular weight is 331 g/mol. The highest BCUT2D eigenvalue weighted by Crippen LogP contribution is 2.22. The molecule has 3 aromatic rings. The Balaban J connectivity index is 1.81. The smallest absolute Gasteiger partial charge is 0.229 e. The Kier molecular flexibility index (Phi) is 4.25. The van der Waals surface area contributed by atoms with Gasteiger partial charge in [-0.1, -0.05) is 11.6 Å². The molecule has 3 N–H and O–H groups in total. The minimum Gasteiger partial charge on any atom is -0.508 e. The lowest BCUT2D eigenvalue weighted by Gasteiger charge is -2.09. The first-order chi connectivity index (χ1) is 11.1. The molecular formula is C16H12ClFN4O. The minimum absolute atomic E-state index is 0.0298. The van der Waals surface area contributed by atoms with Crippen LogP contribution in [-0.2, 0) is 0 Å². The fourth-order valence-electron chi connectivity index (χ4n) is 1.86. The van der Waals surface area contributed by atoms with Crippen molar-refractivity contribution in [3.8, 4) is 5.75 Å². The van der Waals surface area contributed by atoms with Crippen LogP contribution < -0.4 is 10.6 Å². The van der Waals surface area contributed by atoms with Gasteiger partial charge in [-0.05, 0) is 48.5 Å². The van der Waals surface area contributed by atoms with Gasteiger partial charge in [-0.25, -0.2) is 9.37 Å².